The average Bonchev–Trinajstić information content (AvgIpc) is 3.56. The number of fused-ring (bicyclic) bond motifs is 1. The number of nitrogens with zero attached hydrogens (tertiary/aromatic N) is 2. The second-order valence-electron chi connectivity index (χ2n) is 9.00. The highest BCUT2D eigenvalue weighted by Gasteiger charge is 2.35. The minimum absolute atomic E-state index is 0.134. The summed E-state index contributed by atoms with van der Waals surface area (Å²) in [6.45, 7) is 3.56. The summed E-state index contributed by atoms with van der Waals surface area (Å²) in [5.74, 6) is 0.197. The Bertz CT molecular complexity index is 1880. The molecule has 0 radical (unpaired) electrons. The number of aromatic carboxylic acids is 1. The van der Waals surface area contributed by atoms with Gasteiger partial charge >= 0.3 is 11.9 Å². The van der Waals surface area contributed by atoms with Crippen LogP contribution < -0.4 is 24.4 Å². The number of aromatic nitrogens is 1. The predicted molar refractivity (Wildman–Crippen MR) is 151 cm³/mol. The standard InChI is InChI=1S/C30H26N2O8S/c1-5-39-29(36)25-16(2)31-30-32(26(25)21-14-19(37-3)9-12-23(21)38-4)27(33)24(41-30)15-20-10-11-22(40-20)17-7-6-8-18(13-17)28(34)35/h6-15,26H,5H2,1-4H3,(H,34,35)/b24-15+/t26-/m1/s1. The number of hydrogen-bond donors (Lipinski definition) is 1. The van der Waals surface area contributed by atoms with E-state index in [4.69, 9.17) is 18.6 Å². The van der Waals surface area contributed by atoms with Crippen molar-refractivity contribution in [2.45, 2.75) is 19.9 Å². The number of carbonyl (C=O) groups is 2. The quantitative estimate of drug-likeness (QED) is 0.315. The number of ether oxygens (including phenoxy) is 3. The second kappa shape index (κ2) is 11.3. The Labute approximate surface area is 238 Å². The van der Waals surface area contributed by atoms with Gasteiger partial charge in [-0.1, -0.05) is 23.5 Å². The van der Waals surface area contributed by atoms with Crippen LogP contribution in [0.4, 0.5) is 0 Å². The molecule has 11 heteroatoms. The maximum Gasteiger partial charge on any atom is 0.338 e. The third kappa shape index (κ3) is 5.19. The van der Waals surface area contributed by atoms with Crippen molar-refractivity contribution >= 4 is 29.4 Å². The zero-order valence-corrected chi connectivity index (χ0v) is 23.5. The first kappa shape index (κ1) is 27.7. The Morgan fingerprint density at radius 3 is 2.63 bits per heavy atom. The largest absolute Gasteiger partial charge is 0.497 e. The topological polar surface area (TPSA) is 130 Å². The van der Waals surface area contributed by atoms with Crippen LogP contribution in [-0.2, 0) is 9.53 Å². The lowest BCUT2D eigenvalue weighted by Gasteiger charge is -2.26. The molecular formula is C30H26N2O8S. The van der Waals surface area contributed by atoms with Crippen molar-refractivity contribution in [2.75, 3.05) is 20.8 Å². The van der Waals surface area contributed by atoms with Crippen molar-refractivity contribution in [3.05, 3.63) is 102 Å². The summed E-state index contributed by atoms with van der Waals surface area (Å²) < 4.78 is 24.1. The van der Waals surface area contributed by atoms with Crippen molar-refractivity contribution in [3.63, 3.8) is 0 Å². The highest BCUT2D eigenvalue weighted by molar-refractivity contribution is 7.07. The normalized spacial score (nSPS) is 14.8. The van der Waals surface area contributed by atoms with E-state index in [1.54, 1.807) is 62.4 Å². The van der Waals surface area contributed by atoms with E-state index < -0.39 is 18.0 Å². The number of benzene rings is 2. The van der Waals surface area contributed by atoms with E-state index >= 15 is 0 Å². The van der Waals surface area contributed by atoms with Gasteiger partial charge in [0.2, 0.25) is 0 Å². The van der Waals surface area contributed by atoms with E-state index in [1.165, 1.54) is 30.9 Å². The molecule has 0 fully saturated rings. The van der Waals surface area contributed by atoms with E-state index in [-0.39, 0.29) is 23.3 Å². The maximum absolute atomic E-state index is 13.9. The second-order valence-corrected chi connectivity index (χ2v) is 10.0. The van der Waals surface area contributed by atoms with E-state index in [0.717, 1.165) is 11.3 Å². The lowest BCUT2D eigenvalue weighted by Crippen LogP contribution is -2.40. The summed E-state index contributed by atoms with van der Waals surface area (Å²) in [6, 6.07) is 14.1. The molecule has 1 aliphatic heterocycles. The van der Waals surface area contributed by atoms with Crippen LogP contribution in [0.2, 0.25) is 0 Å². The summed E-state index contributed by atoms with van der Waals surface area (Å²) in [6.07, 6.45) is 1.59. The highest BCUT2D eigenvalue weighted by atomic mass is 32.1. The van der Waals surface area contributed by atoms with Crippen molar-refractivity contribution < 1.29 is 33.3 Å². The van der Waals surface area contributed by atoms with Crippen LogP contribution in [0.1, 0.15) is 41.6 Å². The van der Waals surface area contributed by atoms with Crippen LogP contribution in [-0.4, -0.2) is 42.4 Å². The molecule has 0 unspecified atom stereocenters. The number of methoxy groups -OCH3 is 2. The number of thiazole rings is 1. The molecule has 0 saturated carbocycles. The minimum Gasteiger partial charge on any atom is -0.497 e. The van der Waals surface area contributed by atoms with Crippen LogP contribution in [0.3, 0.4) is 0 Å². The van der Waals surface area contributed by atoms with Crippen molar-refractivity contribution in [2.24, 2.45) is 4.99 Å². The fraction of sp³-hybridized carbons (Fsp3) is 0.200. The number of rotatable bonds is 8. The number of esters is 1. The molecule has 0 bridgehead atoms. The molecule has 1 atom stereocenters. The molecule has 1 aliphatic rings. The van der Waals surface area contributed by atoms with E-state index in [9.17, 15) is 19.5 Å². The van der Waals surface area contributed by atoms with Gasteiger partial charge < -0.3 is 23.7 Å². The average molecular weight is 575 g/mol. The zero-order chi connectivity index (χ0) is 29.3. The lowest BCUT2D eigenvalue weighted by atomic mass is 9.95. The number of furan rings is 1. The van der Waals surface area contributed by atoms with E-state index in [1.807, 2.05) is 0 Å². The molecule has 2 aromatic heterocycles. The molecule has 0 spiro atoms. The van der Waals surface area contributed by atoms with Crippen LogP contribution in [0.25, 0.3) is 17.4 Å². The molecule has 4 aromatic rings. The first-order chi connectivity index (χ1) is 19.7. The predicted octanol–water partition coefficient (Wildman–Crippen LogP) is 3.77. The summed E-state index contributed by atoms with van der Waals surface area (Å²) in [7, 11) is 3.04. The summed E-state index contributed by atoms with van der Waals surface area (Å²) >= 11 is 1.15. The first-order valence-electron chi connectivity index (χ1n) is 12.6. The molecular weight excluding hydrogens is 548 g/mol. The van der Waals surface area contributed by atoms with Crippen LogP contribution in [0, 0.1) is 0 Å². The van der Waals surface area contributed by atoms with E-state index in [2.05, 4.69) is 4.99 Å². The van der Waals surface area contributed by atoms with Crippen LogP contribution in [0.5, 0.6) is 11.5 Å². The molecule has 41 heavy (non-hydrogen) atoms. The van der Waals surface area contributed by atoms with E-state index in [0.29, 0.717) is 49.2 Å². The molecule has 10 nitrogen and oxygen atoms in total. The number of carboxylic acid groups (broad SMARTS) is 1. The fourth-order valence-electron chi connectivity index (χ4n) is 4.66. The fourth-order valence-corrected chi connectivity index (χ4v) is 5.69. The molecule has 0 aliphatic carbocycles. The Kier molecular flexibility index (Phi) is 7.62. The smallest absolute Gasteiger partial charge is 0.338 e. The monoisotopic (exact) mass is 574 g/mol. The molecule has 1 N–H and O–H groups in total. The molecule has 3 heterocycles. The SMILES string of the molecule is CCOC(=O)C1=C(C)N=c2s/c(=C/c3ccc(-c4cccc(C(=O)O)c4)o3)c(=O)n2[C@@H]1c1cc(OC)ccc1OC. The van der Waals surface area contributed by atoms with Gasteiger partial charge in [-0.25, -0.2) is 14.6 Å². The van der Waals surface area contributed by atoms with Gasteiger partial charge in [0.1, 0.15) is 29.1 Å². The van der Waals surface area contributed by atoms with Crippen LogP contribution in [0.15, 0.2) is 80.1 Å². The maximum atomic E-state index is 13.9. The van der Waals surface area contributed by atoms with Crippen molar-refractivity contribution in [3.8, 4) is 22.8 Å². The lowest BCUT2D eigenvalue weighted by molar-refractivity contribution is -0.139. The molecule has 0 saturated heterocycles. The minimum atomic E-state index is -1.04. The third-order valence-corrected chi connectivity index (χ3v) is 7.53. The Morgan fingerprint density at radius 2 is 1.93 bits per heavy atom. The number of carboxylic acids is 1. The summed E-state index contributed by atoms with van der Waals surface area (Å²) in [5, 5.41) is 9.31. The molecule has 2 aromatic carbocycles. The molecule has 0 amide bonds. The van der Waals surface area contributed by atoms with Crippen molar-refractivity contribution in [1.29, 1.82) is 0 Å². The third-order valence-electron chi connectivity index (χ3n) is 6.54. The Hall–Kier alpha value is -4.90. The summed E-state index contributed by atoms with van der Waals surface area (Å²) in [4.78, 5) is 43.4. The van der Waals surface area contributed by atoms with Crippen LogP contribution >= 0.6 is 11.3 Å². The molecule has 5 rings (SSSR count). The van der Waals surface area contributed by atoms with Gasteiger partial charge in [0, 0.05) is 17.2 Å². The Balaban J connectivity index is 1.66. The molecule has 210 valence electrons. The number of hydrogen-bond acceptors (Lipinski definition) is 9. The van der Waals surface area contributed by atoms with Gasteiger partial charge in [0.05, 0.1) is 42.2 Å². The van der Waals surface area contributed by atoms with Gasteiger partial charge in [0.15, 0.2) is 4.80 Å². The van der Waals surface area contributed by atoms with Gasteiger partial charge in [-0.3, -0.25) is 9.36 Å². The summed E-state index contributed by atoms with van der Waals surface area (Å²) in [5.41, 5.74) is 1.51. The van der Waals surface area contributed by atoms with Gasteiger partial charge in [0.25, 0.3) is 5.56 Å². The van der Waals surface area contributed by atoms with Crippen molar-refractivity contribution in [1.82, 2.24) is 4.57 Å². The van der Waals surface area contributed by atoms with Gasteiger partial charge in [-0.05, 0) is 56.3 Å². The van der Waals surface area contributed by atoms with Gasteiger partial charge in [-0.2, -0.15) is 0 Å². The first-order valence-corrected chi connectivity index (χ1v) is 13.4. The highest BCUT2D eigenvalue weighted by Crippen LogP contribution is 2.37. The number of carbonyl (C=O) groups excluding carboxylic acids is 1. The number of allylic oxidation sites excluding steroid dienone is 1. The van der Waals surface area contributed by atoms with Gasteiger partial charge in [-0.15, -0.1) is 0 Å². The zero-order valence-electron chi connectivity index (χ0n) is 22.7. The Morgan fingerprint density at radius 1 is 1.12 bits per heavy atom.